The van der Waals surface area contributed by atoms with Gasteiger partial charge in [0.05, 0.1) is 10.2 Å². The molecule has 0 unspecified atom stereocenters. The molecule has 0 saturated heterocycles. The Morgan fingerprint density at radius 3 is 2.69 bits per heavy atom. The molecule has 0 atom stereocenters. The van der Waals surface area contributed by atoms with Crippen molar-refractivity contribution < 1.29 is 14.3 Å². The third kappa shape index (κ3) is 5.77. The number of hydrogen-bond acceptors (Lipinski definition) is 6. The summed E-state index contributed by atoms with van der Waals surface area (Å²) in [5.74, 6) is 0.326. The predicted molar refractivity (Wildman–Crippen MR) is 127 cm³/mol. The number of anilines is 2. The van der Waals surface area contributed by atoms with Gasteiger partial charge in [-0.2, -0.15) is 0 Å². The summed E-state index contributed by atoms with van der Waals surface area (Å²) in [4.78, 5) is 32.0. The molecule has 0 bridgehead atoms. The van der Waals surface area contributed by atoms with Crippen molar-refractivity contribution in [2.45, 2.75) is 13.5 Å². The molecule has 0 fully saturated rings. The molecule has 0 aliphatic carbocycles. The van der Waals surface area contributed by atoms with Gasteiger partial charge in [0.15, 0.2) is 5.13 Å². The Morgan fingerprint density at radius 2 is 1.94 bits per heavy atom. The normalized spacial score (nSPS) is 10.9. The second-order valence-corrected chi connectivity index (χ2v) is 7.95. The van der Waals surface area contributed by atoms with Crippen LogP contribution in [-0.4, -0.2) is 21.8 Å². The van der Waals surface area contributed by atoms with E-state index in [0.29, 0.717) is 17.4 Å². The van der Waals surface area contributed by atoms with E-state index < -0.39 is 0 Å². The van der Waals surface area contributed by atoms with Crippen molar-refractivity contribution >= 4 is 50.3 Å². The number of nitrogens with one attached hydrogen (secondary N) is 2. The number of carbonyl (C=O) groups excluding carboxylic acids is 2. The van der Waals surface area contributed by atoms with Gasteiger partial charge < -0.3 is 10.1 Å². The van der Waals surface area contributed by atoms with Crippen molar-refractivity contribution in [3.63, 3.8) is 0 Å². The zero-order chi connectivity index (χ0) is 22.3. The van der Waals surface area contributed by atoms with E-state index in [9.17, 15) is 9.59 Å². The van der Waals surface area contributed by atoms with Gasteiger partial charge in [-0.25, -0.2) is 4.98 Å². The SMILES string of the molecule is CC(=O)Nc1ccc2nc(NC(=O)/C=C/c3ccc(OCc4cccnc4)cc3)sc2c1. The summed E-state index contributed by atoms with van der Waals surface area (Å²) in [6, 6.07) is 16.7. The predicted octanol–water partition coefficient (Wildman–Crippen LogP) is 4.88. The number of pyridine rings is 1. The zero-order valence-corrected chi connectivity index (χ0v) is 18.1. The number of ether oxygens (including phenoxy) is 1. The smallest absolute Gasteiger partial charge is 0.250 e. The lowest BCUT2D eigenvalue weighted by Gasteiger charge is -2.06. The van der Waals surface area contributed by atoms with Crippen molar-refractivity contribution in [1.82, 2.24) is 9.97 Å². The average molecular weight is 445 g/mol. The number of amides is 2. The highest BCUT2D eigenvalue weighted by Gasteiger charge is 2.07. The van der Waals surface area contributed by atoms with Crippen molar-refractivity contribution in [2.24, 2.45) is 0 Å². The van der Waals surface area contributed by atoms with E-state index in [1.807, 2.05) is 42.5 Å². The second-order valence-electron chi connectivity index (χ2n) is 6.92. The Balaban J connectivity index is 1.33. The van der Waals surface area contributed by atoms with E-state index >= 15 is 0 Å². The first kappa shape index (κ1) is 21.2. The molecule has 7 nitrogen and oxygen atoms in total. The Hall–Kier alpha value is -4.04. The minimum absolute atomic E-state index is 0.138. The van der Waals surface area contributed by atoms with Gasteiger partial charge in [0.1, 0.15) is 12.4 Å². The lowest BCUT2D eigenvalue weighted by atomic mass is 10.2. The van der Waals surface area contributed by atoms with Crippen LogP contribution in [0.3, 0.4) is 0 Å². The first-order valence-corrected chi connectivity index (χ1v) is 10.7. The topological polar surface area (TPSA) is 93.2 Å². The van der Waals surface area contributed by atoms with Crippen LogP contribution in [0.2, 0.25) is 0 Å². The summed E-state index contributed by atoms with van der Waals surface area (Å²) < 4.78 is 6.61. The van der Waals surface area contributed by atoms with Crippen LogP contribution >= 0.6 is 11.3 Å². The Kier molecular flexibility index (Phi) is 6.52. The lowest BCUT2D eigenvalue weighted by Crippen LogP contribution is -2.07. The van der Waals surface area contributed by atoms with Crippen LogP contribution in [0.1, 0.15) is 18.1 Å². The van der Waals surface area contributed by atoms with Crippen LogP contribution in [-0.2, 0) is 16.2 Å². The van der Waals surface area contributed by atoms with Crippen LogP contribution in [0.5, 0.6) is 5.75 Å². The summed E-state index contributed by atoms with van der Waals surface area (Å²) in [7, 11) is 0. The molecule has 160 valence electrons. The van der Waals surface area contributed by atoms with Gasteiger partial charge in [-0.15, -0.1) is 0 Å². The quantitative estimate of drug-likeness (QED) is 0.396. The van der Waals surface area contributed by atoms with Crippen LogP contribution in [0, 0.1) is 0 Å². The van der Waals surface area contributed by atoms with Crippen molar-refractivity contribution in [3.8, 4) is 5.75 Å². The van der Waals surface area contributed by atoms with E-state index in [0.717, 1.165) is 27.1 Å². The standard InChI is InChI=1S/C24H20N4O3S/c1-16(29)26-19-7-10-21-22(13-19)32-24(27-21)28-23(30)11-6-17-4-8-20(9-5-17)31-15-18-3-2-12-25-14-18/h2-14H,15H2,1H3,(H,26,29)(H,27,28,30)/b11-6+. The number of nitrogens with zero attached hydrogens (tertiary/aromatic N) is 2. The molecule has 4 aromatic rings. The van der Waals surface area contributed by atoms with Gasteiger partial charge in [0.25, 0.3) is 0 Å². The summed E-state index contributed by atoms with van der Waals surface area (Å²) in [6.07, 6.45) is 6.67. The summed E-state index contributed by atoms with van der Waals surface area (Å²) in [6.45, 7) is 1.90. The van der Waals surface area contributed by atoms with E-state index in [1.54, 1.807) is 30.6 Å². The van der Waals surface area contributed by atoms with E-state index in [-0.39, 0.29) is 11.8 Å². The maximum atomic E-state index is 12.3. The molecule has 2 heterocycles. The van der Waals surface area contributed by atoms with Gasteiger partial charge >= 0.3 is 0 Å². The summed E-state index contributed by atoms with van der Waals surface area (Å²) in [5, 5.41) is 6.00. The summed E-state index contributed by atoms with van der Waals surface area (Å²) in [5.41, 5.74) is 3.32. The number of aromatic nitrogens is 2. The molecular formula is C24H20N4O3S. The third-order valence-electron chi connectivity index (χ3n) is 4.37. The maximum absolute atomic E-state index is 12.3. The minimum Gasteiger partial charge on any atom is -0.489 e. The Labute approximate surface area is 188 Å². The number of hydrogen-bond donors (Lipinski definition) is 2. The molecule has 0 saturated carbocycles. The van der Waals surface area contributed by atoms with Crippen LogP contribution in [0.4, 0.5) is 10.8 Å². The first-order valence-electron chi connectivity index (χ1n) is 9.84. The fraction of sp³-hybridized carbons (Fsp3) is 0.0833. The summed E-state index contributed by atoms with van der Waals surface area (Å²) >= 11 is 1.34. The monoisotopic (exact) mass is 444 g/mol. The molecule has 0 aliphatic heterocycles. The van der Waals surface area contributed by atoms with Crippen LogP contribution < -0.4 is 15.4 Å². The number of rotatable bonds is 7. The van der Waals surface area contributed by atoms with Gasteiger partial charge in [-0.3, -0.25) is 19.9 Å². The molecule has 32 heavy (non-hydrogen) atoms. The molecule has 8 heteroatoms. The van der Waals surface area contributed by atoms with Gasteiger partial charge in [-0.1, -0.05) is 29.5 Å². The van der Waals surface area contributed by atoms with Gasteiger partial charge in [0, 0.05) is 36.6 Å². The fourth-order valence-corrected chi connectivity index (χ4v) is 3.81. The van der Waals surface area contributed by atoms with E-state index in [4.69, 9.17) is 4.74 Å². The van der Waals surface area contributed by atoms with Crippen LogP contribution in [0.25, 0.3) is 16.3 Å². The Bertz CT molecular complexity index is 1270. The van der Waals surface area contributed by atoms with Crippen LogP contribution in [0.15, 0.2) is 73.1 Å². The minimum atomic E-state index is -0.275. The second kappa shape index (κ2) is 9.84. The average Bonchev–Trinajstić information content (AvgIpc) is 3.18. The highest BCUT2D eigenvalue weighted by molar-refractivity contribution is 7.22. The fourth-order valence-electron chi connectivity index (χ4n) is 2.90. The number of fused-ring (bicyclic) bond motifs is 1. The molecule has 2 amide bonds. The lowest BCUT2D eigenvalue weighted by molar-refractivity contribution is -0.114. The molecule has 4 rings (SSSR count). The Morgan fingerprint density at radius 1 is 1.09 bits per heavy atom. The highest BCUT2D eigenvalue weighted by atomic mass is 32.1. The largest absolute Gasteiger partial charge is 0.489 e. The maximum Gasteiger partial charge on any atom is 0.250 e. The molecule has 0 spiro atoms. The molecular weight excluding hydrogens is 424 g/mol. The number of benzene rings is 2. The van der Waals surface area contributed by atoms with Gasteiger partial charge in [0.2, 0.25) is 11.8 Å². The molecule has 2 aromatic heterocycles. The van der Waals surface area contributed by atoms with E-state index in [1.165, 1.54) is 24.3 Å². The van der Waals surface area contributed by atoms with Crippen molar-refractivity contribution in [2.75, 3.05) is 10.6 Å². The van der Waals surface area contributed by atoms with E-state index in [2.05, 4.69) is 20.6 Å². The first-order chi connectivity index (χ1) is 15.5. The molecule has 2 aromatic carbocycles. The highest BCUT2D eigenvalue weighted by Crippen LogP contribution is 2.28. The molecule has 0 radical (unpaired) electrons. The van der Waals surface area contributed by atoms with Crippen molar-refractivity contribution in [3.05, 3.63) is 84.2 Å². The number of thiazole rings is 1. The molecule has 2 N–H and O–H groups in total. The van der Waals surface area contributed by atoms with Crippen molar-refractivity contribution in [1.29, 1.82) is 0 Å². The third-order valence-corrected chi connectivity index (χ3v) is 5.31. The van der Waals surface area contributed by atoms with Gasteiger partial charge in [-0.05, 0) is 48.0 Å². The molecule has 0 aliphatic rings. The number of carbonyl (C=O) groups is 2. The zero-order valence-electron chi connectivity index (χ0n) is 17.2.